The van der Waals surface area contributed by atoms with Crippen molar-refractivity contribution in [3.05, 3.63) is 22.4 Å². The SMILES string of the molecule is CCNC(=NCCS(=O)C(C)(C)C)N(C)Cc1cc(Br)cn1C.I. The second-order valence-electron chi connectivity index (χ2n) is 6.51. The van der Waals surface area contributed by atoms with Crippen molar-refractivity contribution in [2.45, 2.75) is 39.0 Å². The van der Waals surface area contributed by atoms with Gasteiger partial charge in [0, 0.05) is 58.3 Å². The molecule has 1 aromatic heterocycles. The Labute approximate surface area is 174 Å². The molecule has 1 unspecified atom stereocenters. The maximum absolute atomic E-state index is 12.1. The molecule has 0 saturated heterocycles. The standard InChI is InChI=1S/C16H29BrN4OS.HI/c1-7-18-15(19-8-9-23(22)16(2,3)4)21(6)12-14-10-13(17)11-20(14)5;/h10-11H,7-9,12H2,1-6H3,(H,18,19);1H. The number of aliphatic imine (C=N–C) groups is 1. The third-order valence-corrected chi connectivity index (χ3v) is 5.74. The average Bonchev–Trinajstić information content (AvgIpc) is 2.74. The predicted octanol–water partition coefficient (Wildman–Crippen LogP) is 3.35. The molecule has 0 fully saturated rings. The first kappa shape index (κ1) is 23.9. The molecule has 0 amide bonds. The normalized spacial score (nSPS) is 13.4. The van der Waals surface area contributed by atoms with Crippen molar-refractivity contribution in [1.29, 1.82) is 0 Å². The minimum absolute atomic E-state index is 0. The highest BCUT2D eigenvalue weighted by Gasteiger charge is 2.18. The Hall–Kier alpha value is -0.0900. The van der Waals surface area contributed by atoms with Gasteiger partial charge in [-0.05, 0) is 49.7 Å². The maximum atomic E-state index is 12.1. The summed E-state index contributed by atoms with van der Waals surface area (Å²) in [6, 6.07) is 2.11. The van der Waals surface area contributed by atoms with Crippen LogP contribution in [-0.2, 0) is 24.4 Å². The minimum Gasteiger partial charge on any atom is -0.357 e. The van der Waals surface area contributed by atoms with Crippen molar-refractivity contribution in [1.82, 2.24) is 14.8 Å². The molecule has 0 bridgehead atoms. The van der Waals surface area contributed by atoms with Gasteiger partial charge in [0.15, 0.2) is 5.96 Å². The fourth-order valence-corrected chi connectivity index (χ4v) is 3.49. The first-order valence-corrected chi connectivity index (χ1v) is 9.95. The van der Waals surface area contributed by atoms with Gasteiger partial charge in [0.2, 0.25) is 0 Å². The quantitative estimate of drug-likeness (QED) is 0.347. The lowest BCUT2D eigenvalue weighted by molar-refractivity contribution is 0.462. The highest BCUT2D eigenvalue weighted by Crippen LogP contribution is 2.15. The van der Waals surface area contributed by atoms with E-state index in [1.54, 1.807) is 0 Å². The number of aryl methyl sites for hydroxylation is 1. The molecule has 0 aliphatic carbocycles. The lowest BCUT2D eigenvalue weighted by atomic mass is 10.3. The number of nitrogens with zero attached hydrogens (tertiary/aromatic N) is 3. The summed E-state index contributed by atoms with van der Waals surface area (Å²) < 4.78 is 15.1. The van der Waals surface area contributed by atoms with Crippen molar-refractivity contribution in [2.75, 3.05) is 25.9 Å². The zero-order valence-corrected chi connectivity index (χ0v) is 20.2. The van der Waals surface area contributed by atoms with E-state index in [0.29, 0.717) is 12.3 Å². The Balaban J connectivity index is 0.00000529. The van der Waals surface area contributed by atoms with Crippen molar-refractivity contribution in [3.63, 3.8) is 0 Å². The molecule has 1 aromatic rings. The fourth-order valence-electron chi connectivity index (χ4n) is 2.05. The highest BCUT2D eigenvalue weighted by molar-refractivity contribution is 14.0. The molecule has 0 aliphatic rings. The smallest absolute Gasteiger partial charge is 0.194 e. The molecular weight excluding hydrogens is 503 g/mol. The summed E-state index contributed by atoms with van der Waals surface area (Å²) in [6.07, 6.45) is 2.04. The number of guanidine groups is 1. The van der Waals surface area contributed by atoms with Gasteiger partial charge in [-0.15, -0.1) is 24.0 Å². The van der Waals surface area contributed by atoms with E-state index in [-0.39, 0.29) is 28.7 Å². The van der Waals surface area contributed by atoms with Crippen LogP contribution in [0.15, 0.2) is 21.7 Å². The van der Waals surface area contributed by atoms with Crippen LogP contribution in [-0.4, -0.2) is 50.3 Å². The van der Waals surface area contributed by atoms with Crippen LogP contribution < -0.4 is 5.32 Å². The summed E-state index contributed by atoms with van der Waals surface area (Å²) >= 11 is 3.50. The van der Waals surface area contributed by atoms with Gasteiger partial charge < -0.3 is 14.8 Å². The van der Waals surface area contributed by atoms with Crippen LogP contribution >= 0.6 is 39.9 Å². The van der Waals surface area contributed by atoms with E-state index < -0.39 is 10.8 Å². The van der Waals surface area contributed by atoms with Gasteiger partial charge in [0.05, 0.1) is 13.1 Å². The van der Waals surface area contributed by atoms with Crippen molar-refractivity contribution in [2.24, 2.45) is 12.0 Å². The monoisotopic (exact) mass is 532 g/mol. The van der Waals surface area contributed by atoms with Gasteiger partial charge in [0.25, 0.3) is 0 Å². The minimum atomic E-state index is -0.873. The van der Waals surface area contributed by atoms with Crippen LogP contribution in [0.5, 0.6) is 0 Å². The van der Waals surface area contributed by atoms with Crippen LogP contribution in [0.1, 0.15) is 33.4 Å². The predicted molar refractivity (Wildman–Crippen MR) is 119 cm³/mol. The van der Waals surface area contributed by atoms with Gasteiger partial charge in [-0.2, -0.15) is 0 Å². The summed E-state index contributed by atoms with van der Waals surface area (Å²) in [5, 5.41) is 3.30. The van der Waals surface area contributed by atoms with Crippen LogP contribution in [0, 0.1) is 0 Å². The van der Waals surface area contributed by atoms with E-state index in [1.807, 2.05) is 41.1 Å². The van der Waals surface area contributed by atoms with Crippen LogP contribution in [0.25, 0.3) is 0 Å². The second-order valence-corrected chi connectivity index (χ2v) is 9.75. The molecule has 8 heteroatoms. The van der Waals surface area contributed by atoms with Gasteiger partial charge in [-0.25, -0.2) is 0 Å². The summed E-state index contributed by atoms with van der Waals surface area (Å²) in [4.78, 5) is 6.71. The molecule has 140 valence electrons. The van der Waals surface area contributed by atoms with Gasteiger partial charge >= 0.3 is 0 Å². The van der Waals surface area contributed by atoms with E-state index in [2.05, 4.69) is 48.7 Å². The second kappa shape index (κ2) is 10.8. The van der Waals surface area contributed by atoms with E-state index >= 15 is 0 Å². The number of hydrogen-bond donors (Lipinski definition) is 1. The summed E-state index contributed by atoms with van der Waals surface area (Å²) in [7, 11) is 3.18. The number of rotatable bonds is 6. The maximum Gasteiger partial charge on any atom is 0.194 e. The molecule has 5 nitrogen and oxygen atoms in total. The third kappa shape index (κ3) is 7.86. The van der Waals surface area contributed by atoms with Gasteiger partial charge in [0.1, 0.15) is 0 Å². The number of halogens is 2. The fraction of sp³-hybridized carbons (Fsp3) is 0.688. The van der Waals surface area contributed by atoms with E-state index in [4.69, 9.17) is 0 Å². The topological polar surface area (TPSA) is 49.6 Å². The molecule has 24 heavy (non-hydrogen) atoms. The molecule has 0 spiro atoms. The molecule has 1 rings (SSSR count). The average molecular weight is 533 g/mol. The summed E-state index contributed by atoms with van der Waals surface area (Å²) in [5.41, 5.74) is 1.20. The number of hydrogen-bond acceptors (Lipinski definition) is 2. The zero-order chi connectivity index (χ0) is 17.6. The van der Waals surface area contributed by atoms with Crippen LogP contribution in [0.2, 0.25) is 0 Å². The molecule has 1 heterocycles. The molecule has 0 saturated carbocycles. The van der Waals surface area contributed by atoms with E-state index in [1.165, 1.54) is 5.69 Å². The zero-order valence-electron chi connectivity index (χ0n) is 15.4. The van der Waals surface area contributed by atoms with Gasteiger partial charge in [-0.3, -0.25) is 9.20 Å². The Kier molecular flexibility index (Phi) is 10.8. The van der Waals surface area contributed by atoms with Crippen LogP contribution in [0.3, 0.4) is 0 Å². The molecule has 0 aliphatic heterocycles. The van der Waals surface area contributed by atoms with Crippen molar-refractivity contribution in [3.8, 4) is 0 Å². The number of aromatic nitrogens is 1. The van der Waals surface area contributed by atoms with Crippen LogP contribution in [0.4, 0.5) is 0 Å². The largest absolute Gasteiger partial charge is 0.357 e. The number of nitrogens with one attached hydrogen (secondary N) is 1. The Morgan fingerprint density at radius 1 is 1.46 bits per heavy atom. The molecule has 0 aromatic carbocycles. The summed E-state index contributed by atoms with van der Waals surface area (Å²) in [6.45, 7) is 10.2. The first-order chi connectivity index (χ1) is 10.6. The van der Waals surface area contributed by atoms with E-state index in [9.17, 15) is 4.21 Å². The van der Waals surface area contributed by atoms with Crippen molar-refractivity contribution >= 4 is 56.7 Å². The highest BCUT2D eigenvalue weighted by atomic mass is 127. The molecular formula is C16H30BrIN4OS. The lowest BCUT2D eigenvalue weighted by Crippen LogP contribution is -2.39. The molecule has 1 N–H and O–H groups in total. The van der Waals surface area contributed by atoms with Crippen molar-refractivity contribution < 1.29 is 4.21 Å². The van der Waals surface area contributed by atoms with Gasteiger partial charge in [-0.1, -0.05) is 0 Å². The Bertz CT molecular complexity index is 569. The molecule has 0 radical (unpaired) electrons. The molecule has 1 atom stereocenters. The first-order valence-electron chi connectivity index (χ1n) is 7.83. The third-order valence-electron chi connectivity index (χ3n) is 3.39. The Morgan fingerprint density at radius 2 is 2.08 bits per heavy atom. The van der Waals surface area contributed by atoms with E-state index in [0.717, 1.165) is 23.5 Å². The lowest BCUT2D eigenvalue weighted by Gasteiger charge is -2.23. The Morgan fingerprint density at radius 3 is 2.54 bits per heavy atom. The summed E-state index contributed by atoms with van der Waals surface area (Å²) in [5.74, 6) is 1.43.